The van der Waals surface area contributed by atoms with Crippen molar-refractivity contribution in [3.63, 3.8) is 0 Å². The number of anilines is 1. The molecule has 2 aromatic rings. The highest BCUT2D eigenvalue weighted by molar-refractivity contribution is 9.11. The molecule has 0 unspecified atom stereocenters. The zero-order valence-corrected chi connectivity index (χ0v) is 11.9. The largest absolute Gasteiger partial charge is 0.432 e. The molecule has 0 saturated heterocycles. The number of ether oxygens (including phenoxy) is 1. The highest BCUT2D eigenvalue weighted by Crippen LogP contribution is 2.25. The van der Waals surface area contributed by atoms with Gasteiger partial charge in [-0.15, -0.1) is 11.3 Å². The second-order valence-corrected chi connectivity index (χ2v) is 6.13. The van der Waals surface area contributed by atoms with Crippen molar-refractivity contribution in [1.29, 1.82) is 0 Å². The molecule has 0 amide bonds. The average Bonchev–Trinajstić information content (AvgIpc) is 2.75. The zero-order valence-electron chi connectivity index (χ0n) is 9.50. The van der Waals surface area contributed by atoms with Gasteiger partial charge in [0, 0.05) is 23.2 Å². The van der Waals surface area contributed by atoms with Gasteiger partial charge in [0.15, 0.2) is 11.6 Å². The predicted octanol–water partition coefficient (Wildman–Crippen LogP) is 4.86. The van der Waals surface area contributed by atoms with Crippen molar-refractivity contribution in [1.82, 2.24) is 0 Å². The highest BCUT2D eigenvalue weighted by Gasteiger charge is 2.10. The molecule has 2 nitrogen and oxygen atoms in total. The summed E-state index contributed by atoms with van der Waals surface area (Å²) in [6.45, 7) is -2.50. The molecule has 0 bridgehead atoms. The predicted molar refractivity (Wildman–Crippen MR) is 72.4 cm³/mol. The van der Waals surface area contributed by atoms with Crippen LogP contribution in [0.5, 0.6) is 5.75 Å². The van der Waals surface area contributed by atoms with Crippen molar-refractivity contribution in [3.05, 3.63) is 44.8 Å². The number of benzene rings is 1. The number of nitrogens with one attached hydrogen (secondary N) is 1. The van der Waals surface area contributed by atoms with E-state index in [2.05, 4.69) is 26.0 Å². The molecule has 7 heteroatoms. The molecular weight excluding hydrogens is 343 g/mol. The Labute approximate surface area is 120 Å². The minimum Gasteiger partial charge on any atom is -0.432 e. The third kappa shape index (κ3) is 4.14. The average molecular weight is 352 g/mol. The normalized spacial score (nSPS) is 10.8. The summed E-state index contributed by atoms with van der Waals surface area (Å²) in [5.41, 5.74) is 0.503. The van der Waals surface area contributed by atoms with Crippen molar-refractivity contribution >= 4 is 33.0 Å². The summed E-state index contributed by atoms with van der Waals surface area (Å²) in [5.74, 6) is -1.28. The Kier molecular flexibility index (Phi) is 4.71. The fourth-order valence-electron chi connectivity index (χ4n) is 1.44. The van der Waals surface area contributed by atoms with Crippen LogP contribution in [0.25, 0.3) is 0 Å². The van der Waals surface area contributed by atoms with Crippen molar-refractivity contribution in [2.45, 2.75) is 13.2 Å². The van der Waals surface area contributed by atoms with Gasteiger partial charge in [-0.2, -0.15) is 8.78 Å². The van der Waals surface area contributed by atoms with Crippen LogP contribution in [0.1, 0.15) is 4.88 Å². The lowest BCUT2D eigenvalue weighted by Gasteiger charge is -2.08. The second-order valence-electron chi connectivity index (χ2n) is 3.58. The number of halogens is 4. The van der Waals surface area contributed by atoms with E-state index in [1.807, 2.05) is 12.1 Å². The van der Waals surface area contributed by atoms with Gasteiger partial charge in [0.05, 0.1) is 3.79 Å². The van der Waals surface area contributed by atoms with Crippen LogP contribution in [0, 0.1) is 5.82 Å². The maximum Gasteiger partial charge on any atom is 0.387 e. The first-order chi connectivity index (χ1) is 9.04. The molecule has 0 aliphatic carbocycles. The van der Waals surface area contributed by atoms with Crippen LogP contribution in [0.4, 0.5) is 18.9 Å². The topological polar surface area (TPSA) is 21.3 Å². The fraction of sp³-hybridized carbons (Fsp3) is 0.167. The van der Waals surface area contributed by atoms with Gasteiger partial charge in [-0.05, 0) is 40.2 Å². The Morgan fingerprint density at radius 1 is 1.26 bits per heavy atom. The lowest BCUT2D eigenvalue weighted by molar-refractivity contribution is -0.0521. The lowest BCUT2D eigenvalue weighted by Crippen LogP contribution is -2.04. The highest BCUT2D eigenvalue weighted by atomic mass is 79.9. The molecule has 1 aromatic carbocycles. The molecule has 102 valence electrons. The summed E-state index contributed by atoms with van der Waals surface area (Å²) in [5, 5.41) is 3.00. The molecule has 2 rings (SSSR count). The molecule has 0 radical (unpaired) electrons. The van der Waals surface area contributed by atoms with Crippen LogP contribution < -0.4 is 10.1 Å². The van der Waals surface area contributed by atoms with E-state index < -0.39 is 18.2 Å². The molecule has 0 fully saturated rings. The van der Waals surface area contributed by atoms with Crippen LogP contribution in [-0.4, -0.2) is 6.61 Å². The molecule has 0 saturated carbocycles. The lowest BCUT2D eigenvalue weighted by atomic mass is 10.3. The van der Waals surface area contributed by atoms with Gasteiger partial charge in [0.2, 0.25) is 0 Å². The van der Waals surface area contributed by atoms with Crippen LogP contribution >= 0.6 is 27.3 Å². The molecule has 1 heterocycles. The Balaban J connectivity index is 1.99. The minimum atomic E-state index is -3.03. The standard InChI is InChI=1S/C12H9BrF3NOS/c13-11-4-2-8(19-11)6-17-7-1-3-10(9(14)5-7)18-12(15)16/h1-5,12,17H,6H2. The van der Waals surface area contributed by atoms with Gasteiger partial charge in [-0.25, -0.2) is 4.39 Å². The molecular formula is C12H9BrF3NOS. The molecule has 0 atom stereocenters. The maximum absolute atomic E-state index is 13.4. The van der Waals surface area contributed by atoms with Crippen molar-refractivity contribution < 1.29 is 17.9 Å². The molecule has 0 aliphatic heterocycles. The van der Waals surface area contributed by atoms with E-state index in [1.54, 1.807) is 11.3 Å². The Morgan fingerprint density at radius 2 is 2.05 bits per heavy atom. The first-order valence-electron chi connectivity index (χ1n) is 5.27. The molecule has 1 N–H and O–H groups in total. The van der Waals surface area contributed by atoms with Gasteiger partial charge >= 0.3 is 6.61 Å². The van der Waals surface area contributed by atoms with E-state index in [0.29, 0.717) is 12.2 Å². The SMILES string of the molecule is Fc1cc(NCc2ccc(Br)s2)ccc1OC(F)F. The van der Waals surface area contributed by atoms with Gasteiger partial charge in [-0.3, -0.25) is 0 Å². The van der Waals surface area contributed by atoms with E-state index in [-0.39, 0.29) is 0 Å². The van der Waals surface area contributed by atoms with Gasteiger partial charge in [0.25, 0.3) is 0 Å². The number of hydrogen-bond donors (Lipinski definition) is 1. The van der Waals surface area contributed by atoms with Crippen molar-refractivity contribution in [2.24, 2.45) is 0 Å². The van der Waals surface area contributed by atoms with Crippen LogP contribution in [0.3, 0.4) is 0 Å². The van der Waals surface area contributed by atoms with E-state index in [4.69, 9.17) is 0 Å². The second kappa shape index (κ2) is 6.29. The maximum atomic E-state index is 13.4. The monoisotopic (exact) mass is 351 g/mol. The van der Waals surface area contributed by atoms with E-state index in [1.165, 1.54) is 12.1 Å². The smallest absolute Gasteiger partial charge is 0.387 e. The summed E-state index contributed by atoms with van der Waals surface area (Å²) < 4.78 is 42.4. The number of thiophene rings is 1. The quantitative estimate of drug-likeness (QED) is 0.830. The van der Waals surface area contributed by atoms with Crippen LogP contribution in [0.2, 0.25) is 0 Å². The first kappa shape index (κ1) is 14.2. The molecule has 19 heavy (non-hydrogen) atoms. The minimum absolute atomic E-state index is 0.459. The first-order valence-corrected chi connectivity index (χ1v) is 6.88. The Hall–Kier alpha value is -1.21. The Morgan fingerprint density at radius 3 is 2.63 bits per heavy atom. The van der Waals surface area contributed by atoms with Crippen molar-refractivity contribution in [3.8, 4) is 5.75 Å². The molecule has 1 aromatic heterocycles. The summed E-state index contributed by atoms with van der Waals surface area (Å²) in [6.07, 6.45) is 0. The van der Waals surface area contributed by atoms with Crippen LogP contribution in [-0.2, 0) is 6.54 Å². The number of hydrogen-bond acceptors (Lipinski definition) is 3. The van der Waals surface area contributed by atoms with Crippen LogP contribution in [0.15, 0.2) is 34.1 Å². The van der Waals surface area contributed by atoms with Gasteiger partial charge < -0.3 is 10.1 Å². The third-order valence-electron chi connectivity index (χ3n) is 2.24. The third-order valence-corrected chi connectivity index (χ3v) is 3.87. The molecule has 0 aliphatic rings. The molecule has 0 spiro atoms. The van der Waals surface area contributed by atoms with E-state index in [9.17, 15) is 13.2 Å². The number of alkyl halides is 2. The van der Waals surface area contributed by atoms with Crippen molar-refractivity contribution in [2.75, 3.05) is 5.32 Å². The summed E-state index contributed by atoms with van der Waals surface area (Å²) in [6, 6.07) is 7.65. The Bertz CT molecular complexity index is 562. The van der Waals surface area contributed by atoms with Gasteiger partial charge in [-0.1, -0.05) is 0 Å². The van der Waals surface area contributed by atoms with E-state index >= 15 is 0 Å². The zero-order chi connectivity index (χ0) is 13.8. The summed E-state index contributed by atoms with van der Waals surface area (Å²) in [7, 11) is 0. The summed E-state index contributed by atoms with van der Waals surface area (Å²) in [4.78, 5) is 1.07. The number of rotatable bonds is 5. The van der Waals surface area contributed by atoms with E-state index in [0.717, 1.165) is 14.7 Å². The summed E-state index contributed by atoms with van der Waals surface area (Å²) >= 11 is 4.90. The van der Waals surface area contributed by atoms with Gasteiger partial charge in [0.1, 0.15) is 0 Å². The fourth-order valence-corrected chi connectivity index (χ4v) is 2.86.